The smallest absolute Gasteiger partial charge is 0.379 e. The molecule has 5 nitrogen and oxygen atoms in total. The van der Waals surface area contributed by atoms with E-state index in [1.54, 1.807) is 6.08 Å². The number of anilines is 1. The zero-order valence-corrected chi connectivity index (χ0v) is 11.2. The van der Waals surface area contributed by atoms with Gasteiger partial charge in [0.15, 0.2) is 0 Å². The number of rotatable bonds is 8. The van der Waals surface area contributed by atoms with E-state index in [1.807, 2.05) is 0 Å². The summed E-state index contributed by atoms with van der Waals surface area (Å²) >= 11 is 0. The van der Waals surface area contributed by atoms with Gasteiger partial charge in [-0.3, -0.25) is 10.1 Å². The van der Waals surface area contributed by atoms with Crippen LogP contribution in [0.1, 0.15) is 12.0 Å². The highest BCUT2D eigenvalue weighted by Gasteiger charge is 2.32. The molecule has 116 valence electrons. The van der Waals surface area contributed by atoms with Crippen LogP contribution >= 0.6 is 0 Å². The van der Waals surface area contributed by atoms with Crippen molar-refractivity contribution in [2.75, 3.05) is 25.1 Å². The summed E-state index contributed by atoms with van der Waals surface area (Å²) in [4.78, 5) is 9.98. The van der Waals surface area contributed by atoms with E-state index < -0.39 is 22.4 Å². The van der Waals surface area contributed by atoms with Gasteiger partial charge < -0.3 is 10.1 Å². The Morgan fingerprint density at radius 1 is 1.38 bits per heavy atom. The predicted molar refractivity (Wildman–Crippen MR) is 72.2 cm³/mol. The summed E-state index contributed by atoms with van der Waals surface area (Å²) in [7, 11) is 0. The number of benzene rings is 1. The summed E-state index contributed by atoms with van der Waals surface area (Å²) in [5.41, 5.74) is -1.64. The molecule has 8 heteroatoms. The maximum absolute atomic E-state index is 12.5. The van der Waals surface area contributed by atoms with Gasteiger partial charge >= 0.3 is 6.18 Å². The first kappa shape index (κ1) is 17.0. The minimum atomic E-state index is -4.61. The number of hydrogen-bond donors (Lipinski definition) is 1. The Kier molecular flexibility index (Phi) is 6.16. The molecular weight excluding hydrogens is 289 g/mol. The molecule has 0 aliphatic rings. The van der Waals surface area contributed by atoms with Crippen molar-refractivity contribution in [3.63, 3.8) is 0 Å². The van der Waals surface area contributed by atoms with Gasteiger partial charge in [0.2, 0.25) is 0 Å². The van der Waals surface area contributed by atoms with E-state index >= 15 is 0 Å². The predicted octanol–water partition coefficient (Wildman–Crippen LogP) is 3.62. The van der Waals surface area contributed by atoms with Crippen LogP contribution in [-0.4, -0.2) is 24.7 Å². The van der Waals surface area contributed by atoms with Crippen LogP contribution in [0.2, 0.25) is 0 Å². The van der Waals surface area contributed by atoms with Crippen LogP contribution in [0.3, 0.4) is 0 Å². The molecule has 0 saturated carbocycles. The van der Waals surface area contributed by atoms with Gasteiger partial charge in [0.05, 0.1) is 23.7 Å². The molecule has 1 aromatic carbocycles. The van der Waals surface area contributed by atoms with Crippen LogP contribution in [-0.2, 0) is 10.9 Å². The maximum Gasteiger partial charge on any atom is 0.416 e. The van der Waals surface area contributed by atoms with Crippen molar-refractivity contribution < 1.29 is 22.8 Å². The summed E-state index contributed by atoms with van der Waals surface area (Å²) < 4.78 is 42.7. The lowest BCUT2D eigenvalue weighted by atomic mass is 10.1. The van der Waals surface area contributed by atoms with Crippen LogP contribution in [0, 0.1) is 10.1 Å². The third kappa shape index (κ3) is 5.42. The molecule has 21 heavy (non-hydrogen) atoms. The Labute approximate surface area is 119 Å². The molecule has 0 fully saturated rings. The Hall–Kier alpha value is -2.09. The van der Waals surface area contributed by atoms with Gasteiger partial charge in [-0.2, -0.15) is 13.2 Å². The first-order chi connectivity index (χ1) is 9.86. The number of alkyl halides is 3. The topological polar surface area (TPSA) is 64.4 Å². The van der Waals surface area contributed by atoms with Crippen molar-refractivity contribution in [1.82, 2.24) is 0 Å². The summed E-state index contributed by atoms with van der Waals surface area (Å²) in [5, 5.41) is 13.5. The lowest BCUT2D eigenvalue weighted by molar-refractivity contribution is -0.384. The van der Waals surface area contributed by atoms with Crippen molar-refractivity contribution in [3.05, 3.63) is 46.5 Å². The molecule has 0 radical (unpaired) electrons. The number of nitro groups is 1. The second kappa shape index (κ2) is 7.63. The minimum Gasteiger partial charge on any atom is -0.379 e. The third-order valence-corrected chi connectivity index (χ3v) is 2.55. The second-order valence-electron chi connectivity index (χ2n) is 4.10. The van der Waals surface area contributed by atoms with Crippen molar-refractivity contribution in [2.45, 2.75) is 12.6 Å². The largest absolute Gasteiger partial charge is 0.416 e. The summed E-state index contributed by atoms with van der Waals surface area (Å²) in [6, 6.07) is 2.36. The van der Waals surface area contributed by atoms with Gasteiger partial charge in [-0.1, -0.05) is 6.08 Å². The van der Waals surface area contributed by atoms with Gasteiger partial charge in [0, 0.05) is 12.6 Å². The van der Waals surface area contributed by atoms with Crippen LogP contribution in [0.25, 0.3) is 0 Å². The number of ether oxygens (including phenoxy) is 1. The van der Waals surface area contributed by atoms with Gasteiger partial charge in [0.25, 0.3) is 5.69 Å². The maximum atomic E-state index is 12.5. The fourth-order valence-corrected chi connectivity index (χ4v) is 1.54. The molecule has 1 aromatic rings. The van der Waals surface area contributed by atoms with E-state index in [0.717, 1.165) is 12.1 Å². The molecule has 0 heterocycles. The average molecular weight is 304 g/mol. The molecule has 0 aromatic heterocycles. The normalized spacial score (nSPS) is 11.2. The number of nitrogens with one attached hydrogen (secondary N) is 1. The quantitative estimate of drug-likeness (QED) is 0.345. The lowest BCUT2D eigenvalue weighted by Gasteiger charge is -2.10. The fourth-order valence-electron chi connectivity index (χ4n) is 1.54. The van der Waals surface area contributed by atoms with Crippen molar-refractivity contribution >= 4 is 11.4 Å². The highest BCUT2D eigenvalue weighted by molar-refractivity contribution is 5.62. The molecule has 1 N–H and O–H groups in total. The number of hydrogen-bond acceptors (Lipinski definition) is 4. The second-order valence-corrected chi connectivity index (χ2v) is 4.10. The molecule has 0 saturated heterocycles. The van der Waals surface area contributed by atoms with Crippen molar-refractivity contribution in [3.8, 4) is 0 Å². The SMILES string of the molecule is C=CCCOCCNc1ccc(C(F)(F)F)cc1[N+](=O)[O-]. The average Bonchev–Trinajstić information content (AvgIpc) is 2.41. The summed E-state index contributed by atoms with van der Waals surface area (Å²) in [5.74, 6) is 0. The van der Waals surface area contributed by atoms with Gasteiger partial charge in [-0.15, -0.1) is 6.58 Å². The zero-order valence-electron chi connectivity index (χ0n) is 11.2. The molecule has 0 bridgehead atoms. The van der Waals surface area contributed by atoms with Crippen LogP contribution in [0.4, 0.5) is 24.5 Å². The van der Waals surface area contributed by atoms with E-state index in [9.17, 15) is 23.3 Å². The van der Waals surface area contributed by atoms with Gasteiger partial charge in [-0.25, -0.2) is 0 Å². The number of nitrogens with zero attached hydrogens (tertiary/aromatic N) is 1. The van der Waals surface area contributed by atoms with Crippen LogP contribution in [0.15, 0.2) is 30.9 Å². The van der Waals surface area contributed by atoms with Crippen LogP contribution in [0.5, 0.6) is 0 Å². The van der Waals surface area contributed by atoms with Crippen LogP contribution < -0.4 is 5.32 Å². The monoisotopic (exact) mass is 304 g/mol. The van der Waals surface area contributed by atoms with E-state index in [-0.39, 0.29) is 18.8 Å². The zero-order chi connectivity index (χ0) is 15.9. The molecule has 0 amide bonds. The Morgan fingerprint density at radius 3 is 2.67 bits per heavy atom. The molecule has 0 aliphatic heterocycles. The third-order valence-electron chi connectivity index (χ3n) is 2.55. The Morgan fingerprint density at radius 2 is 2.10 bits per heavy atom. The molecule has 0 unspecified atom stereocenters. The van der Waals surface area contributed by atoms with E-state index in [2.05, 4.69) is 11.9 Å². The van der Waals surface area contributed by atoms with E-state index in [0.29, 0.717) is 19.1 Å². The molecule has 0 atom stereocenters. The number of nitro benzene ring substituents is 1. The first-order valence-corrected chi connectivity index (χ1v) is 6.14. The highest BCUT2D eigenvalue weighted by Crippen LogP contribution is 2.34. The van der Waals surface area contributed by atoms with Gasteiger partial charge in [0.1, 0.15) is 5.69 Å². The fraction of sp³-hybridized carbons (Fsp3) is 0.385. The molecular formula is C13H15F3N2O3. The standard InChI is InChI=1S/C13H15F3N2O3/c1-2-3-7-21-8-6-17-11-5-4-10(13(14,15)16)9-12(11)18(19)20/h2,4-5,9,17H,1,3,6-8H2. The minimum absolute atomic E-state index is 0.0281. The van der Waals surface area contributed by atoms with Gasteiger partial charge in [-0.05, 0) is 18.6 Å². The summed E-state index contributed by atoms with van der Waals surface area (Å²) in [6.45, 7) is 4.53. The van der Waals surface area contributed by atoms with Crippen molar-refractivity contribution in [2.24, 2.45) is 0 Å². The molecule has 0 aliphatic carbocycles. The van der Waals surface area contributed by atoms with Crippen molar-refractivity contribution in [1.29, 1.82) is 0 Å². The Bertz CT molecular complexity index is 504. The number of halogens is 3. The Balaban J connectivity index is 2.69. The van der Waals surface area contributed by atoms with E-state index in [1.165, 1.54) is 0 Å². The summed E-state index contributed by atoms with van der Waals surface area (Å²) in [6.07, 6.45) is -2.24. The molecule has 1 rings (SSSR count). The first-order valence-electron chi connectivity index (χ1n) is 6.14. The molecule has 0 spiro atoms. The van der Waals surface area contributed by atoms with E-state index in [4.69, 9.17) is 4.74 Å². The lowest BCUT2D eigenvalue weighted by Crippen LogP contribution is -2.12. The highest BCUT2D eigenvalue weighted by atomic mass is 19.4.